The van der Waals surface area contributed by atoms with E-state index in [1.165, 1.54) is 12.1 Å². The fourth-order valence-electron chi connectivity index (χ4n) is 2.26. The second-order valence-corrected chi connectivity index (χ2v) is 4.42. The molecule has 92 valence electrons. The molecule has 2 aromatic carbocycles. The van der Waals surface area contributed by atoms with Crippen molar-refractivity contribution in [1.29, 1.82) is 5.26 Å². The topological polar surface area (TPSA) is 28.7 Å². The van der Waals surface area contributed by atoms with Gasteiger partial charge in [0, 0.05) is 23.6 Å². The van der Waals surface area contributed by atoms with Crippen molar-refractivity contribution in [2.45, 2.75) is 6.54 Å². The maximum Gasteiger partial charge on any atom is 0.123 e. The minimum Gasteiger partial charge on any atom is -0.343 e. The lowest BCUT2D eigenvalue weighted by atomic mass is 10.1. The van der Waals surface area contributed by atoms with Crippen LogP contribution in [0, 0.1) is 17.1 Å². The van der Waals surface area contributed by atoms with Gasteiger partial charge in [-0.05, 0) is 35.9 Å². The highest BCUT2D eigenvalue weighted by molar-refractivity contribution is 5.80. The Kier molecular flexibility index (Phi) is 2.77. The third kappa shape index (κ3) is 2.09. The van der Waals surface area contributed by atoms with Crippen molar-refractivity contribution < 1.29 is 4.39 Å². The summed E-state index contributed by atoms with van der Waals surface area (Å²) in [6.07, 6.45) is 1.91. The average Bonchev–Trinajstić information content (AvgIpc) is 2.82. The highest BCUT2D eigenvalue weighted by Crippen LogP contribution is 2.19. The summed E-state index contributed by atoms with van der Waals surface area (Å²) in [5.74, 6) is -0.234. The molecule has 0 atom stereocenters. The van der Waals surface area contributed by atoms with Gasteiger partial charge in [0.25, 0.3) is 0 Å². The number of nitrogens with zero attached hydrogens (tertiary/aromatic N) is 2. The van der Waals surface area contributed by atoms with E-state index < -0.39 is 0 Å². The molecule has 3 aromatic rings. The van der Waals surface area contributed by atoms with Crippen LogP contribution in [-0.4, -0.2) is 4.57 Å². The summed E-state index contributed by atoms with van der Waals surface area (Å²) >= 11 is 0. The molecule has 2 nitrogen and oxygen atoms in total. The van der Waals surface area contributed by atoms with Crippen LogP contribution in [0.4, 0.5) is 4.39 Å². The number of rotatable bonds is 2. The maximum absolute atomic E-state index is 13.1. The van der Waals surface area contributed by atoms with Gasteiger partial charge in [-0.15, -0.1) is 0 Å². The molecule has 19 heavy (non-hydrogen) atoms. The second-order valence-electron chi connectivity index (χ2n) is 4.42. The molecule has 0 saturated heterocycles. The lowest BCUT2D eigenvalue weighted by Crippen LogP contribution is -2.00. The van der Waals surface area contributed by atoms with Gasteiger partial charge in [-0.3, -0.25) is 0 Å². The van der Waals surface area contributed by atoms with Gasteiger partial charge in [0.2, 0.25) is 0 Å². The normalized spacial score (nSPS) is 10.5. The third-order valence-electron chi connectivity index (χ3n) is 3.21. The highest BCUT2D eigenvalue weighted by Gasteiger charge is 2.05. The van der Waals surface area contributed by atoms with E-state index in [2.05, 4.69) is 6.07 Å². The lowest BCUT2D eigenvalue weighted by Gasteiger charge is -2.07. The largest absolute Gasteiger partial charge is 0.343 e. The monoisotopic (exact) mass is 250 g/mol. The molecule has 1 aromatic heterocycles. The van der Waals surface area contributed by atoms with Crippen molar-refractivity contribution in [2.24, 2.45) is 0 Å². The Hall–Kier alpha value is -2.60. The van der Waals surface area contributed by atoms with Crippen LogP contribution in [0.5, 0.6) is 0 Å². The van der Waals surface area contributed by atoms with Crippen LogP contribution in [0.3, 0.4) is 0 Å². The van der Waals surface area contributed by atoms with Gasteiger partial charge in [0.1, 0.15) is 5.82 Å². The van der Waals surface area contributed by atoms with Crippen LogP contribution in [-0.2, 0) is 6.54 Å². The summed E-state index contributed by atoms with van der Waals surface area (Å²) in [5.41, 5.74) is 2.60. The van der Waals surface area contributed by atoms with E-state index in [4.69, 9.17) is 5.26 Å². The van der Waals surface area contributed by atoms with Crippen LogP contribution in [0.25, 0.3) is 10.9 Å². The van der Waals surface area contributed by atoms with Crippen LogP contribution < -0.4 is 0 Å². The van der Waals surface area contributed by atoms with Crippen molar-refractivity contribution in [1.82, 2.24) is 4.57 Å². The van der Waals surface area contributed by atoms with Gasteiger partial charge in [-0.1, -0.05) is 18.2 Å². The Morgan fingerprint density at radius 3 is 2.79 bits per heavy atom. The second kappa shape index (κ2) is 4.58. The molecule has 0 saturated carbocycles. The third-order valence-corrected chi connectivity index (χ3v) is 3.21. The first-order valence-electron chi connectivity index (χ1n) is 6.00. The van der Waals surface area contributed by atoms with Crippen molar-refractivity contribution in [3.8, 4) is 6.07 Å². The SMILES string of the molecule is N#Cc1ccccc1Cn1ccc2cc(F)ccc21. The van der Waals surface area contributed by atoms with E-state index in [-0.39, 0.29) is 5.82 Å². The Morgan fingerprint density at radius 2 is 1.95 bits per heavy atom. The zero-order valence-electron chi connectivity index (χ0n) is 10.2. The highest BCUT2D eigenvalue weighted by atomic mass is 19.1. The zero-order valence-corrected chi connectivity index (χ0v) is 10.2. The van der Waals surface area contributed by atoms with E-state index in [0.29, 0.717) is 12.1 Å². The van der Waals surface area contributed by atoms with Crippen LogP contribution in [0.15, 0.2) is 54.7 Å². The van der Waals surface area contributed by atoms with Gasteiger partial charge < -0.3 is 4.57 Å². The van der Waals surface area contributed by atoms with E-state index in [9.17, 15) is 4.39 Å². The summed E-state index contributed by atoms with van der Waals surface area (Å²) in [6, 6.07) is 16.3. The summed E-state index contributed by atoms with van der Waals surface area (Å²) in [4.78, 5) is 0. The first-order chi connectivity index (χ1) is 9.28. The van der Waals surface area contributed by atoms with Crippen molar-refractivity contribution in [3.63, 3.8) is 0 Å². The molecule has 0 spiro atoms. The summed E-state index contributed by atoms with van der Waals surface area (Å²) in [7, 11) is 0. The number of halogens is 1. The Bertz CT molecular complexity index is 781. The molecule has 0 bridgehead atoms. The van der Waals surface area contributed by atoms with Crippen molar-refractivity contribution in [3.05, 3.63) is 71.7 Å². The molecule has 0 fully saturated rings. The molecule has 0 aliphatic rings. The van der Waals surface area contributed by atoms with Crippen LogP contribution in [0.2, 0.25) is 0 Å². The van der Waals surface area contributed by atoms with Gasteiger partial charge in [0.05, 0.1) is 11.6 Å². The minimum atomic E-state index is -0.234. The minimum absolute atomic E-state index is 0.234. The quantitative estimate of drug-likeness (QED) is 0.681. The predicted octanol–water partition coefficient (Wildman–Crippen LogP) is 3.70. The number of fused-ring (bicyclic) bond motifs is 1. The number of benzene rings is 2. The van der Waals surface area contributed by atoms with Gasteiger partial charge >= 0.3 is 0 Å². The Morgan fingerprint density at radius 1 is 1.11 bits per heavy atom. The number of nitriles is 1. The molecular formula is C16H11FN2. The summed E-state index contributed by atoms with van der Waals surface area (Å²) < 4.78 is 15.2. The molecule has 0 amide bonds. The van der Waals surface area contributed by atoms with E-state index in [1.807, 2.05) is 35.0 Å². The van der Waals surface area contributed by atoms with E-state index >= 15 is 0 Å². The van der Waals surface area contributed by atoms with Crippen molar-refractivity contribution >= 4 is 10.9 Å². The van der Waals surface area contributed by atoms with Gasteiger partial charge in [-0.25, -0.2) is 4.39 Å². The summed E-state index contributed by atoms with van der Waals surface area (Å²) in [6.45, 7) is 0.610. The van der Waals surface area contributed by atoms with E-state index in [0.717, 1.165) is 16.5 Å². The number of aromatic nitrogens is 1. The summed E-state index contributed by atoms with van der Waals surface area (Å²) in [5, 5.41) is 9.96. The Labute approximate surface area is 110 Å². The molecular weight excluding hydrogens is 239 g/mol. The smallest absolute Gasteiger partial charge is 0.123 e. The van der Waals surface area contributed by atoms with E-state index in [1.54, 1.807) is 12.1 Å². The maximum atomic E-state index is 13.1. The standard InChI is InChI=1S/C16H11FN2/c17-15-5-6-16-12(9-15)7-8-19(16)11-14-4-2-1-3-13(14)10-18/h1-9H,11H2. The molecule has 1 heterocycles. The molecule has 0 aliphatic heterocycles. The molecule has 0 N–H and O–H groups in total. The molecule has 0 radical (unpaired) electrons. The number of hydrogen-bond acceptors (Lipinski definition) is 1. The first kappa shape index (κ1) is 11.5. The lowest BCUT2D eigenvalue weighted by molar-refractivity contribution is 0.629. The molecule has 3 heteroatoms. The molecule has 3 rings (SSSR count). The first-order valence-corrected chi connectivity index (χ1v) is 6.00. The molecule has 0 unspecified atom stereocenters. The predicted molar refractivity (Wildman–Crippen MR) is 72.2 cm³/mol. The Balaban J connectivity index is 2.04. The van der Waals surface area contributed by atoms with Crippen LogP contribution in [0.1, 0.15) is 11.1 Å². The number of hydrogen-bond donors (Lipinski definition) is 0. The van der Waals surface area contributed by atoms with Crippen molar-refractivity contribution in [2.75, 3.05) is 0 Å². The van der Waals surface area contributed by atoms with Gasteiger partial charge in [0.15, 0.2) is 0 Å². The fraction of sp³-hybridized carbons (Fsp3) is 0.0625. The fourth-order valence-corrected chi connectivity index (χ4v) is 2.26. The zero-order chi connectivity index (χ0) is 13.2. The van der Waals surface area contributed by atoms with Gasteiger partial charge in [-0.2, -0.15) is 5.26 Å². The average molecular weight is 250 g/mol. The molecule has 0 aliphatic carbocycles. The van der Waals surface area contributed by atoms with Crippen LogP contribution >= 0.6 is 0 Å².